The van der Waals surface area contributed by atoms with Crippen molar-refractivity contribution in [3.8, 4) is 17.2 Å². The Labute approximate surface area is 251 Å². The molecule has 9 nitrogen and oxygen atoms in total. The summed E-state index contributed by atoms with van der Waals surface area (Å²) in [6, 6.07) is 7.90. The number of hydrogen-bond donors (Lipinski definition) is 1. The normalized spacial score (nSPS) is 15.1. The molecule has 0 amide bonds. The van der Waals surface area contributed by atoms with E-state index < -0.39 is 12.0 Å². The number of methoxy groups -OCH3 is 2. The molecule has 0 aliphatic carbocycles. The lowest BCUT2D eigenvalue weighted by atomic mass is 9.94. The van der Waals surface area contributed by atoms with Gasteiger partial charge in [0.15, 0.2) is 16.3 Å². The second kappa shape index (κ2) is 13.2. The zero-order chi connectivity index (χ0) is 29.0. The van der Waals surface area contributed by atoms with Crippen LogP contribution in [0.5, 0.6) is 17.2 Å². The summed E-state index contributed by atoms with van der Waals surface area (Å²) in [7, 11) is 3.06. The third-order valence-electron chi connectivity index (χ3n) is 6.07. The maximum absolute atomic E-state index is 14.0. The van der Waals surface area contributed by atoms with Gasteiger partial charge in [-0.25, -0.2) is 9.79 Å². The van der Waals surface area contributed by atoms with E-state index in [4.69, 9.17) is 18.9 Å². The molecule has 0 bridgehead atoms. The van der Waals surface area contributed by atoms with E-state index in [2.05, 4.69) is 36.9 Å². The number of aromatic hydroxyl groups is 1. The number of aromatic nitrogens is 1. The molecule has 40 heavy (non-hydrogen) atoms. The molecule has 0 fully saturated rings. The Morgan fingerprint density at radius 1 is 1.18 bits per heavy atom. The van der Waals surface area contributed by atoms with Crippen molar-refractivity contribution in [3.63, 3.8) is 0 Å². The van der Waals surface area contributed by atoms with Crippen LogP contribution in [0.4, 0.5) is 0 Å². The molecule has 0 saturated heterocycles. The van der Waals surface area contributed by atoms with Crippen molar-refractivity contribution in [3.05, 3.63) is 81.4 Å². The van der Waals surface area contributed by atoms with Crippen molar-refractivity contribution in [1.82, 2.24) is 4.57 Å². The molecule has 0 saturated carbocycles. The molecule has 2 aromatic carbocycles. The van der Waals surface area contributed by atoms with Gasteiger partial charge in [-0.1, -0.05) is 30.4 Å². The first-order valence-corrected chi connectivity index (χ1v) is 14.8. The molecule has 4 rings (SSSR count). The molecule has 1 N–H and O–H groups in total. The fourth-order valence-electron chi connectivity index (χ4n) is 4.26. The molecule has 1 atom stereocenters. The first kappa shape index (κ1) is 30.0. The number of rotatable bonds is 10. The number of ether oxygens (including phenoxy) is 4. The van der Waals surface area contributed by atoms with Crippen molar-refractivity contribution >= 4 is 55.2 Å². The lowest BCUT2D eigenvalue weighted by Crippen LogP contribution is -2.40. The molecule has 12 heteroatoms. The van der Waals surface area contributed by atoms with E-state index in [1.807, 2.05) is 13.0 Å². The van der Waals surface area contributed by atoms with Crippen LogP contribution in [0.2, 0.25) is 0 Å². The summed E-state index contributed by atoms with van der Waals surface area (Å²) in [6.45, 7) is 4.39. The number of nitrogens with zero attached hydrogens (tertiary/aromatic N) is 2. The smallest absolute Gasteiger partial charge is 0.338 e. The largest absolute Gasteiger partial charge is 0.506 e. The van der Waals surface area contributed by atoms with Gasteiger partial charge in [0.2, 0.25) is 0 Å². The van der Waals surface area contributed by atoms with Gasteiger partial charge in [0.1, 0.15) is 18.4 Å². The monoisotopic (exact) mass is 694 g/mol. The van der Waals surface area contributed by atoms with E-state index in [0.29, 0.717) is 53.2 Å². The number of phenols is 1. The number of esters is 1. The number of para-hydroxylation sites is 1. The Hall–Kier alpha value is -2.93. The maximum atomic E-state index is 14.0. The highest BCUT2D eigenvalue weighted by molar-refractivity contribution is 9.11. The summed E-state index contributed by atoms with van der Waals surface area (Å²) in [5.41, 5.74) is 1.57. The van der Waals surface area contributed by atoms with Crippen LogP contribution in [0, 0.1) is 0 Å². The number of carbonyl (C=O) groups is 1. The lowest BCUT2D eigenvalue weighted by molar-refractivity contribution is -0.140. The van der Waals surface area contributed by atoms with E-state index in [1.54, 1.807) is 37.3 Å². The highest BCUT2D eigenvalue weighted by Crippen LogP contribution is 2.41. The molecule has 3 aromatic rings. The van der Waals surface area contributed by atoms with Crippen LogP contribution in [0.15, 0.2) is 60.3 Å². The average Bonchev–Trinajstić information content (AvgIpc) is 3.23. The van der Waals surface area contributed by atoms with E-state index >= 15 is 0 Å². The minimum atomic E-state index is -0.881. The van der Waals surface area contributed by atoms with Crippen LogP contribution in [-0.4, -0.2) is 49.7 Å². The van der Waals surface area contributed by atoms with E-state index in [-0.39, 0.29) is 30.1 Å². The number of fused-ring (bicyclic) bond motifs is 1. The lowest BCUT2D eigenvalue weighted by Gasteiger charge is -2.27. The van der Waals surface area contributed by atoms with Crippen LogP contribution in [0.25, 0.3) is 6.08 Å². The molecule has 2 heterocycles. The van der Waals surface area contributed by atoms with Crippen LogP contribution < -0.4 is 24.4 Å². The van der Waals surface area contributed by atoms with Crippen LogP contribution in [0.3, 0.4) is 0 Å². The number of phenolic OH excluding ortho intramolecular Hbond substituents is 1. The van der Waals surface area contributed by atoms with Crippen molar-refractivity contribution in [2.45, 2.75) is 26.3 Å². The predicted octanol–water partition coefficient (Wildman–Crippen LogP) is 4.45. The first-order chi connectivity index (χ1) is 19.2. The second-order valence-corrected chi connectivity index (χ2v) is 11.5. The van der Waals surface area contributed by atoms with Gasteiger partial charge < -0.3 is 24.1 Å². The zero-order valence-corrected chi connectivity index (χ0v) is 26.3. The Bertz CT molecular complexity index is 1620. The van der Waals surface area contributed by atoms with Crippen molar-refractivity contribution < 1.29 is 28.8 Å². The Balaban J connectivity index is 1.97. The van der Waals surface area contributed by atoms with Gasteiger partial charge in [-0.2, -0.15) is 0 Å². The predicted molar refractivity (Wildman–Crippen MR) is 159 cm³/mol. The Morgan fingerprint density at radius 3 is 2.55 bits per heavy atom. The van der Waals surface area contributed by atoms with Crippen LogP contribution in [-0.2, 0) is 14.3 Å². The van der Waals surface area contributed by atoms with Gasteiger partial charge in [0, 0.05) is 12.7 Å². The summed E-state index contributed by atoms with van der Waals surface area (Å²) in [4.78, 5) is 32.5. The molecule has 0 unspecified atom stereocenters. The summed E-state index contributed by atoms with van der Waals surface area (Å²) in [5.74, 6) is 0.375. The fourth-order valence-corrected chi connectivity index (χ4v) is 6.53. The van der Waals surface area contributed by atoms with Gasteiger partial charge in [-0.15, -0.1) is 0 Å². The molecule has 1 aliphatic heterocycles. The molecular weight excluding hydrogens is 668 g/mol. The second-order valence-electron chi connectivity index (χ2n) is 8.77. The van der Waals surface area contributed by atoms with E-state index in [9.17, 15) is 14.7 Å². The third kappa shape index (κ3) is 6.04. The maximum Gasteiger partial charge on any atom is 0.338 e. The minimum absolute atomic E-state index is 0.0468. The van der Waals surface area contributed by atoms with Gasteiger partial charge in [-0.3, -0.25) is 9.36 Å². The summed E-state index contributed by atoms with van der Waals surface area (Å²) in [5, 5.41) is 10.1. The molecule has 212 valence electrons. The van der Waals surface area contributed by atoms with Gasteiger partial charge in [0.05, 0.1) is 45.1 Å². The number of allylic oxidation sites excluding steroid dienone is 1. The molecule has 1 aromatic heterocycles. The SMILES string of the molecule is CCCOc1c(OC)cccc1[C@@H]1C(C(=O)OCCOC)=C(C)N=c2s/c(=C/c3cc(Br)c(O)c(Br)c3)c(=O)n21. The highest BCUT2D eigenvalue weighted by Gasteiger charge is 2.36. The Kier molecular flexibility index (Phi) is 9.88. The summed E-state index contributed by atoms with van der Waals surface area (Å²) < 4.78 is 25.1. The molecule has 0 radical (unpaired) electrons. The van der Waals surface area contributed by atoms with Gasteiger partial charge in [-0.05, 0) is 75.0 Å². The van der Waals surface area contributed by atoms with Crippen molar-refractivity contribution in [1.29, 1.82) is 0 Å². The Morgan fingerprint density at radius 2 is 1.90 bits per heavy atom. The topological polar surface area (TPSA) is 109 Å². The quantitative estimate of drug-likeness (QED) is 0.247. The van der Waals surface area contributed by atoms with Crippen LogP contribution >= 0.6 is 43.2 Å². The highest BCUT2D eigenvalue weighted by atomic mass is 79.9. The first-order valence-electron chi connectivity index (χ1n) is 12.4. The number of halogens is 2. The number of carbonyl (C=O) groups excluding carboxylic acids is 1. The van der Waals surface area contributed by atoms with Crippen molar-refractivity contribution in [2.75, 3.05) is 34.0 Å². The standard InChI is InChI=1S/C28H28Br2N2O7S/c1-5-9-38-25-17(7-6-8-20(25)37-4)23-22(27(35)39-11-10-36-3)15(2)31-28-32(23)26(34)21(40-28)14-16-12-18(29)24(33)19(30)13-16/h6-8,12-14,23,33H,5,9-11H2,1-4H3/b21-14+/t23-/m1/s1. The molecular formula is C28H28Br2N2O7S. The minimum Gasteiger partial charge on any atom is -0.506 e. The van der Waals surface area contributed by atoms with E-state index in [1.165, 1.54) is 30.1 Å². The average molecular weight is 696 g/mol. The van der Waals surface area contributed by atoms with Gasteiger partial charge >= 0.3 is 5.97 Å². The number of hydrogen-bond acceptors (Lipinski definition) is 9. The van der Waals surface area contributed by atoms with Crippen LogP contribution in [0.1, 0.15) is 37.4 Å². The summed E-state index contributed by atoms with van der Waals surface area (Å²) in [6.07, 6.45) is 2.46. The molecule has 1 aliphatic rings. The van der Waals surface area contributed by atoms with E-state index in [0.717, 1.165) is 6.42 Å². The third-order valence-corrected chi connectivity index (χ3v) is 8.27. The number of thiazole rings is 1. The fraction of sp³-hybridized carbons (Fsp3) is 0.321. The van der Waals surface area contributed by atoms with Gasteiger partial charge in [0.25, 0.3) is 5.56 Å². The number of benzene rings is 2. The summed E-state index contributed by atoms with van der Waals surface area (Å²) >= 11 is 7.87. The van der Waals surface area contributed by atoms with Crippen molar-refractivity contribution in [2.24, 2.45) is 4.99 Å². The zero-order valence-electron chi connectivity index (χ0n) is 22.3. The molecule has 0 spiro atoms.